The van der Waals surface area contributed by atoms with Crippen LogP contribution in [0.25, 0.3) is 0 Å². The Kier molecular flexibility index (Phi) is 3.68. The molecule has 0 heterocycles. The maximum atomic E-state index is 11.1. The Balaban J connectivity index is 2.39. The fraction of sp³-hybridized carbons (Fsp3) is 0.562. The molecule has 3 atom stereocenters. The van der Waals surface area contributed by atoms with Gasteiger partial charge in [-0.2, -0.15) is 0 Å². The average molecular weight is 261 g/mol. The van der Waals surface area contributed by atoms with Gasteiger partial charge in [0.1, 0.15) is 0 Å². The molecule has 3 unspecified atom stereocenters. The van der Waals surface area contributed by atoms with Crippen LogP contribution in [0.4, 0.5) is 0 Å². The Labute approximate surface area is 115 Å². The first kappa shape index (κ1) is 14.1. The Morgan fingerprint density at radius 3 is 2.16 bits per heavy atom. The normalized spacial score (nSPS) is 23.5. The maximum absolute atomic E-state index is 11.1. The first-order valence-electron chi connectivity index (χ1n) is 6.80. The number of aliphatic carboxylic acids is 1. The summed E-state index contributed by atoms with van der Waals surface area (Å²) in [7, 11) is 4.08. The zero-order valence-electron chi connectivity index (χ0n) is 12.4. The van der Waals surface area contributed by atoms with Crippen LogP contribution in [0.15, 0.2) is 12.1 Å². The van der Waals surface area contributed by atoms with Gasteiger partial charge in [-0.25, -0.2) is 0 Å². The molecule has 0 spiro atoms. The van der Waals surface area contributed by atoms with Gasteiger partial charge in [-0.05, 0) is 63.9 Å². The molecular formula is C16H23NO2. The van der Waals surface area contributed by atoms with E-state index >= 15 is 0 Å². The van der Waals surface area contributed by atoms with E-state index in [1.54, 1.807) is 0 Å². The number of carboxylic acids is 1. The predicted octanol–water partition coefficient (Wildman–Crippen LogP) is 2.94. The molecule has 1 N–H and O–H groups in total. The van der Waals surface area contributed by atoms with Crippen LogP contribution >= 0.6 is 0 Å². The Morgan fingerprint density at radius 1 is 1.26 bits per heavy atom. The molecule has 2 rings (SSSR count). The van der Waals surface area contributed by atoms with Crippen LogP contribution in [0.1, 0.15) is 34.7 Å². The highest BCUT2D eigenvalue weighted by Crippen LogP contribution is 2.50. The quantitative estimate of drug-likeness (QED) is 0.906. The smallest absolute Gasteiger partial charge is 0.306 e. The van der Waals surface area contributed by atoms with Crippen molar-refractivity contribution in [1.29, 1.82) is 0 Å². The predicted molar refractivity (Wildman–Crippen MR) is 76.3 cm³/mol. The highest BCUT2D eigenvalue weighted by atomic mass is 16.4. The second-order valence-electron chi connectivity index (χ2n) is 6.07. The molecule has 0 radical (unpaired) electrons. The number of carboxylic acid groups (broad SMARTS) is 1. The minimum absolute atomic E-state index is 0.174. The molecule has 1 saturated carbocycles. The van der Waals surface area contributed by atoms with E-state index in [0.29, 0.717) is 0 Å². The third-order valence-electron chi connectivity index (χ3n) is 4.15. The van der Waals surface area contributed by atoms with Crippen LogP contribution in [-0.2, 0) is 4.79 Å². The van der Waals surface area contributed by atoms with Gasteiger partial charge in [-0.1, -0.05) is 17.7 Å². The van der Waals surface area contributed by atoms with Gasteiger partial charge in [0.15, 0.2) is 0 Å². The minimum Gasteiger partial charge on any atom is -0.481 e. The maximum Gasteiger partial charge on any atom is 0.306 e. The molecule has 19 heavy (non-hydrogen) atoms. The average Bonchev–Trinajstić information content (AvgIpc) is 3.01. The van der Waals surface area contributed by atoms with Crippen LogP contribution in [0.3, 0.4) is 0 Å². The van der Waals surface area contributed by atoms with E-state index in [1.807, 2.05) is 14.1 Å². The first-order valence-corrected chi connectivity index (χ1v) is 6.80. The zero-order chi connectivity index (χ0) is 14.3. The van der Waals surface area contributed by atoms with Crippen molar-refractivity contribution < 1.29 is 9.90 Å². The summed E-state index contributed by atoms with van der Waals surface area (Å²) < 4.78 is 0. The van der Waals surface area contributed by atoms with E-state index < -0.39 is 5.97 Å². The topological polar surface area (TPSA) is 40.5 Å². The van der Waals surface area contributed by atoms with Crippen molar-refractivity contribution in [2.24, 2.45) is 11.8 Å². The van der Waals surface area contributed by atoms with E-state index in [4.69, 9.17) is 5.11 Å². The molecule has 3 heteroatoms. The van der Waals surface area contributed by atoms with Crippen LogP contribution < -0.4 is 0 Å². The molecule has 1 aliphatic rings. The zero-order valence-corrected chi connectivity index (χ0v) is 12.4. The molecule has 0 aromatic heterocycles. The molecule has 0 aliphatic heterocycles. The Bertz CT molecular complexity index is 484. The molecule has 1 aromatic rings. The number of hydrogen-bond donors (Lipinski definition) is 1. The number of nitrogens with zero attached hydrogens (tertiary/aromatic N) is 1. The molecule has 3 nitrogen and oxygen atoms in total. The number of benzene rings is 1. The van der Waals surface area contributed by atoms with Crippen LogP contribution in [0, 0.1) is 32.6 Å². The summed E-state index contributed by atoms with van der Waals surface area (Å²) in [5.74, 6) is -0.584. The minimum atomic E-state index is -0.653. The second kappa shape index (κ2) is 4.97. The largest absolute Gasteiger partial charge is 0.481 e. The van der Waals surface area contributed by atoms with Gasteiger partial charge in [0.25, 0.3) is 0 Å². The summed E-state index contributed by atoms with van der Waals surface area (Å²) in [6.07, 6.45) is 0.797. The number of rotatable bonds is 4. The third-order valence-corrected chi connectivity index (χ3v) is 4.15. The lowest BCUT2D eigenvalue weighted by atomic mass is 9.90. The molecule has 1 fully saturated rings. The number of hydrogen-bond acceptors (Lipinski definition) is 2. The fourth-order valence-corrected chi connectivity index (χ4v) is 3.36. The Hall–Kier alpha value is -1.35. The standard InChI is InChI=1S/C16H23NO2/c1-9-6-10(2)14(11(3)7-9)15(17(4)5)12-8-13(12)16(18)19/h6-7,12-13,15H,8H2,1-5H3,(H,18,19). The molecule has 1 aromatic carbocycles. The molecular weight excluding hydrogens is 238 g/mol. The first-order chi connectivity index (χ1) is 8.82. The summed E-state index contributed by atoms with van der Waals surface area (Å²) in [5.41, 5.74) is 5.12. The highest BCUT2D eigenvalue weighted by Gasteiger charge is 2.49. The molecule has 0 amide bonds. The van der Waals surface area contributed by atoms with Crippen molar-refractivity contribution in [3.63, 3.8) is 0 Å². The highest BCUT2D eigenvalue weighted by molar-refractivity contribution is 5.73. The molecule has 104 valence electrons. The van der Waals surface area contributed by atoms with E-state index in [2.05, 4.69) is 37.8 Å². The van der Waals surface area contributed by atoms with Crippen LogP contribution in [0.5, 0.6) is 0 Å². The van der Waals surface area contributed by atoms with Gasteiger partial charge in [-0.3, -0.25) is 4.79 Å². The number of carbonyl (C=O) groups is 1. The van der Waals surface area contributed by atoms with Crippen molar-refractivity contribution in [1.82, 2.24) is 4.90 Å². The van der Waals surface area contributed by atoms with Gasteiger partial charge in [0.05, 0.1) is 5.92 Å². The van der Waals surface area contributed by atoms with E-state index in [0.717, 1.165) is 6.42 Å². The van der Waals surface area contributed by atoms with Gasteiger partial charge in [0.2, 0.25) is 0 Å². The summed E-state index contributed by atoms with van der Waals surface area (Å²) in [6, 6.07) is 4.59. The lowest BCUT2D eigenvalue weighted by Gasteiger charge is -2.28. The lowest BCUT2D eigenvalue weighted by molar-refractivity contribution is -0.139. The van der Waals surface area contributed by atoms with Crippen LogP contribution in [-0.4, -0.2) is 30.1 Å². The molecule has 0 saturated heterocycles. The van der Waals surface area contributed by atoms with Gasteiger partial charge in [-0.15, -0.1) is 0 Å². The van der Waals surface area contributed by atoms with Crippen molar-refractivity contribution in [3.8, 4) is 0 Å². The van der Waals surface area contributed by atoms with E-state index in [1.165, 1.54) is 22.3 Å². The molecule has 1 aliphatic carbocycles. The monoisotopic (exact) mass is 261 g/mol. The second-order valence-corrected chi connectivity index (χ2v) is 6.07. The Morgan fingerprint density at radius 2 is 1.79 bits per heavy atom. The number of aryl methyl sites for hydroxylation is 3. The lowest BCUT2D eigenvalue weighted by Crippen LogP contribution is -2.25. The van der Waals surface area contributed by atoms with Crippen molar-refractivity contribution in [2.45, 2.75) is 33.2 Å². The van der Waals surface area contributed by atoms with E-state index in [-0.39, 0.29) is 17.9 Å². The summed E-state index contributed by atoms with van der Waals surface area (Å²) in [6.45, 7) is 6.36. The van der Waals surface area contributed by atoms with Gasteiger partial charge >= 0.3 is 5.97 Å². The van der Waals surface area contributed by atoms with Gasteiger partial charge < -0.3 is 10.0 Å². The van der Waals surface area contributed by atoms with Gasteiger partial charge in [0, 0.05) is 6.04 Å². The third kappa shape index (κ3) is 2.66. The summed E-state index contributed by atoms with van der Waals surface area (Å²) in [5, 5.41) is 9.17. The van der Waals surface area contributed by atoms with E-state index in [9.17, 15) is 4.79 Å². The molecule has 0 bridgehead atoms. The fourth-order valence-electron chi connectivity index (χ4n) is 3.36. The van der Waals surface area contributed by atoms with Crippen LogP contribution in [0.2, 0.25) is 0 Å². The van der Waals surface area contributed by atoms with Crippen molar-refractivity contribution in [3.05, 3.63) is 34.4 Å². The SMILES string of the molecule is Cc1cc(C)c(C(C2CC2C(=O)O)N(C)C)c(C)c1. The summed E-state index contributed by atoms with van der Waals surface area (Å²) in [4.78, 5) is 13.3. The van der Waals surface area contributed by atoms with Crippen molar-refractivity contribution in [2.75, 3.05) is 14.1 Å². The summed E-state index contributed by atoms with van der Waals surface area (Å²) >= 11 is 0. The van der Waals surface area contributed by atoms with Crippen molar-refractivity contribution >= 4 is 5.97 Å².